The van der Waals surface area contributed by atoms with E-state index in [1.165, 1.54) is 35.0 Å². The highest BCUT2D eigenvalue weighted by molar-refractivity contribution is 9.10. The van der Waals surface area contributed by atoms with Crippen LogP contribution in [0, 0.1) is 12.8 Å². The summed E-state index contributed by atoms with van der Waals surface area (Å²) in [5.41, 5.74) is 8.63. The highest BCUT2D eigenvalue weighted by Gasteiger charge is 2.29. The van der Waals surface area contributed by atoms with Gasteiger partial charge in [0.15, 0.2) is 0 Å². The van der Waals surface area contributed by atoms with Crippen LogP contribution in [0.2, 0.25) is 0 Å². The van der Waals surface area contributed by atoms with Crippen LogP contribution >= 0.6 is 15.9 Å². The van der Waals surface area contributed by atoms with Crippen LogP contribution in [0.25, 0.3) is 0 Å². The van der Waals surface area contributed by atoms with Crippen molar-refractivity contribution in [2.75, 3.05) is 20.1 Å². The SMILES string of the molecule is Cc1cc(C2C(CN)CCCN2C)ccc1Br. The monoisotopic (exact) mass is 296 g/mol. The molecule has 2 N–H and O–H groups in total. The zero-order chi connectivity index (χ0) is 12.4. The average molecular weight is 297 g/mol. The summed E-state index contributed by atoms with van der Waals surface area (Å²) in [7, 11) is 2.21. The molecule has 1 saturated heterocycles. The molecule has 1 aromatic carbocycles. The second kappa shape index (κ2) is 5.51. The standard InChI is InChI=1S/C14H21BrN2/c1-10-8-11(5-6-13(10)15)14-12(9-16)4-3-7-17(14)2/h5-6,8,12,14H,3-4,7,9,16H2,1-2H3. The third-order valence-electron chi connectivity index (χ3n) is 3.83. The molecule has 0 aliphatic carbocycles. The molecule has 0 spiro atoms. The Hall–Kier alpha value is -0.380. The lowest BCUT2D eigenvalue weighted by molar-refractivity contribution is 0.125. The van der Waals surface area contributed by atoms with Crippen molar-refractivity contribution >= 4 is 15.9 Å². The summed E-state index contributed by atoms with van der Waals surface area (Å²) in [5.74, 6) is 0.592. The molecule has 3 heteroatoms. The average Bonchev–Trinajstić information content (AvgIpc) is 2.32. The van der Waals surface area contributed by atoms with Crippen molar-refractivity contribution in [3.63, 3.8) is 0 Å². The Morgan fingerprint density at radius 1 is 1.47 bits per heavy atom. The van der Waals surface area contributed by atoms with Gasteiger partial charge in [0.25, 0.3) is 0 Å². The van der Waals surface area contributed by atoms with E-state index in [4.69, 9.17) is 5.73 Å². The minimum absolute atomic E-state index is 0.487. The molecule has 0 saturated carbocycles. The van der Waals surface area contributed by atoms with Crippen molar-refractivity contribution in [1.29, 1.82) is 0 Å². The molecule has 1 fully saturated rings. The molecule has 2 unspecified atom stereocenters. The van der Waals surface area contributed by atoms with Gasteiger partial charge in [0.1, 0.15) is 0 Å². The van der Waals surface area contributed by atoms with Gasteiger partial charge < -0.3 is 5.73 Å². The number of piperidine rings is 1. The Balaban J connectivity index is 2.31. The zero-order valence-corrected chi connectivity index (χ0v) is 12.2. The summed E-state index contributed by atoms with van der Waals surface area (Å²) in [6.07, 6.45) is 2.52. The Labute approximate surface area is 112 Å². The fourth-order valence-electron chi connectivity index (χ4n) is 2.88. The first-order valence-corrected chi connectivity index (χ1v) is 7.09. The molecular formula is C14H21BrN2. The smallest absolute Gasteiger partial charge is 0.0385 e. The maximum atomic E-state index is 5.93. The molecule has 2 nitrogen and oxygen atoms in total. The molecule has 2 rings (SSSR count). The fraction of sp³-hybridized carbons (Fsp3) is 0.571. The van der Waals surface area contributed by atoms with Crippen LogP contribution in [0.1, 0.15) is 30.0 Å². The molecular weight excluding hydrogens is 276 g/mol. The number of rotatable bonds is 2. The molecule has 0 bridgehead atoms. The number of hydrogen-bond donors (Lipinski definition) is 1. The van der Waals surface area contributed by atoms with E-state index < -0.39 is 0 Å². The van der Waals surface area contributed by atoms with Crippen LogP contribution in [-0.2, 0) is 0 Å². The Morgan fingerprint density at radius 2 is 2.24 bits per heavy atom. The van der Waals surface area contributed by atoms with Gasteiger partial charge in [-0.2, -0.15) is 0 Å². The topological polar surface area (TPSA) is 29.3 Å². The Kier molecular flexibility index (Phi) is 4.23. The first-order chi connectivity index (χ1) is 8.13. The third kappa shape index (κ3) is 2.72. The van der Waals surface area contributed by atoms with Crippen LogP contribution < -0.4 is 5.73 Å². The lowest BCUT2D eigenvalue weighted by atomic mass is 9.84. The maximum Gasteiger partial charge on any atom is 0.0385 e. The van der Waals surface area contributed by atoms with Gasteiger partial charge in [-0.05, 0) is 63.0 Å². The number of halogens is 1. The van der Waals surface area contributed by atoms with E-state index >= 15 is 0 Å². The van der Waals surface area contributed by atoms with Crippen molar-refractivity contribution in [3.8, 4) is 0 Å². The van der Waals surface area contributed by atoms with E-state index in [0.29, 0.717) is 12.0 Å². The fourth-order valence-corrected chi connectivity index (χ4v) is 3.13. The first kappa shape index (κ1) is 13.1. The van der Waals surface area contributed by atoms with Gasteiger partial charge in [-0.25, -0.2) is 0 Å². The largest absolute Gasteiger partial charge is 0.330 e. The minimum atomic E-state index is 0.487. The van der Waals surface area contributed by atoms with Crippen LogP contribution in [0.3, 0.4) is 0 Å². The molecule has 0 aromatic heterocycles. The van der Waals surface area contributed by atoms with Crippen LogP contribution in [-0.4, -0.2) is 25.0 Å². The predicted octanol–water partition coefficient (Wildman–Crippen LogP) is 3.10. The quantitative estimate of drug-likeness (QED) is 0.909. The molecule has 1 aliphatic heterocycles. The van der Waals surface area contributed by atoms with E-state index in [1.807, 2.05) is 0 Å². The molecule has 17 heavy (non-hydrogen) atoms. The van der Waals surface area contributed by atoms with Crippen LogP contribution in [0.15, 0.2) is 22.7 Å². The summed E-state index contributed by atoms with van der Waals surface area (Å²) < 4.78 is 1.18. The highest BCUT2D eigenvalue weighted by atomic mass is 79.9. The molecule has 2 atom stereocenters. The number of hydrogen-bond acceptors (Lipinski definition) is 2. The van der Waals surface area contributed by atoms with E-state index in [9.17, 15) is 0 Å². The van der Waals surface area contributed by atoms with Gasteiger partial charge >= 0.3 is 0 Å². The number of likely N-dealkylation sites (tertiary alicyclic amines) is 1. The number of nitrogens with zero attached hydrogens (tertiary/aromatic N) is 1. The van der Waals surface area contributed by atoms with Gasteiger partial charge in [0, 0.05) is 10.5 Å². The van der Waals surface area contributed by atoms with Gasteiger partial charge in [-0.1, -0.05) is 28.1 Å². The second-order valence-corrected chi connectivity index (χ2v) is 5.93. The Bertz CT molecular complexity index is 392. The Morgan fingerprint density at radius 3 is 2.88 bits per heavy atom. The summed E-state index contributed by atoms with van der Waals surface area (Å²) in [6, 6.07) is 7.16. The maximum absolute atomic E-state index is 5.93. The predicted molar refractivity (Wildman–Crippen MR) is 76.0 cm³/mol. The van der Waals surface area contributed by atoms with Crippen LogP contribution in [0.5, 0.6) is 0 Å². The number of nitrogens with two attached hydrogens (primary N) is 1. The van der Waals surface area contributed by atoms with Crippen molar-refractivity contribution in [2.45, 2.75) is 25.8 Å². The highest BCUT2D eigenvalue weighted by Crippen LogP contribution is 2.35. The molecule has 0 radical (unpaired) electrons. The molecule has 1 aromatic rings. The minimum Gasteiger partial charge on any atom is -0.330 e. The first-order valence-electron chi connectivity index (χ1n) is 6.30. The summed E-state index contributed by atoms with van der Waals surface area (Å²) in [4.78, 5) is 2.45. The second-order valence-electron chi connectivity index (χ2n) is 5.07. The lowest BCUT2D eigenvalue weighted by Crippen LogP contribution is -2.39. The molecule has 0 amide bonds. The van der Waals surface area contributed by atoms with E-state index in [1.54, 1.807) is 0 Å². The molecule has 1 heterocycles. The van der Waals surface area contributed by atoms with E-state index in [2.05, 4.69) is 53.0 Å². The summed E-state index contributed by atoms with van der Waals surface area (Å²) >= 11 is 3.56. The molecule has 94 valence electrons. The zero-order valence-electron chi connectivity index (χ0n) is 10.6. The van der Waals surface area contributed by atoms with Crippen molar-refractivity contribution in [3.05, 3.63) is 33.8 Å². The van der Waals surface area contributed by atoms with Gasteiger partial charge in [-0.3, -0.25) is 4.90 Å². The van der Waals surface area contributed by atoms with Gasteiger partial charge in [0.05, 0.1) is 0 Å². The lowest BCUT2D eigenvalue weighted by Gasteiger charge is -2.39. The third-order valence-corrected chi connectivity index (χ3v) is 4.72. The van der Waals surface area contributed by atoms with Gasteiger partial charge in [-0.15, -0.1) is 0 Å². The van der Waals surface area contributed by atoms with Crippen molar-refractivity contribution in [1.82, 2.24) is 4.90 Å². The van der Waals surface area contributed by atoms with E-state index in [-0.39, 0.29) is 0 Å². The van der Waals surface area contributed by atoms with Crippen molar-refractivity contribution < 1.29 is 0 Å². The number of aryl methyl sites for hydroxylation is 1. The van der Waals surface area contributed by atoms with E-state index in [0.717, 1.165) is 6.54 Å². The van der Waals surface area contributed by atoms with Crippen LogP contribution in [0.4, 0.5) is 0 Å². The molecule has 1 aliphatic rings. The van der Waals surface area contributed by atoms with Crippen molar-refractivity contribution in [2.24, 2.45) is 11.7 Å². The normalized spacial score (nSPS) is 26.1. The van der Waals surface area contributed by atoms with Gasteiger partial charge in [0.2, 0.25) is 0 Å². The summed E-state index contributed by atoms with van der Waals surface area (Å²) in [5, 5.41) is 0. The number of benzene rings is 1. The summed E-state index contributed by atoms with van der Waals surface area (Å²) in [6.45, 7) is 4.11.